The first-order valence-corrected chi connectivity index (χ1v) is 8.56. The number of nitrogens with zero attached hydrogens (tertiary/aromatic N) is 3. The Kier molecular flexibility index (Phi) is 4.48. The van der Waals surface area contributed by atoms with E-state index in [0.29, 0.717) is 5.69 Å². The Bertz CT molecular complexity index is 1170. The Hall–Kier alpha value is -3.43. The zero-order chi connectivity index (χ0) is 20.8. The molecule has 3 aromatic rings. The average molecular weight is 407 g/mol. The Morgan fingerprint density at radius 2 is 1.90 bits per heavy atom. The molecule has 3 heterocycles. The number of fused-ring (bicyclic) bond motifs is 2. The van der Waals surface area contributed by atoms with Crippen LogP contribution in [0.15, 0.2) is 47.4 Å². The quantitative estimate of drug-likeness (QED) is 0.613. The Balaban J connectivity index is 1.69. The Labute approximate surface area is 161 Å². The maximum absolute atomic E-state index is 13.5. The molecule has 2 aromatic heterocycles. The summed E-state index contributed by atoms with van der Waals surface area (Å²) in [7, 11) is 0. The van der Waals surface area contributed by atoms with Crippen LogP contribution in [0.3, 0.4) is 0 Å². The molecule has 4 rings (SSSR count). The van der Waals surface area contributed by atoms with Crippen molar-refractivity contribution in [3.63, 3.8) is 0 Å². The molecule has 1 aliphatic heterocycles. The van der Waals surface area contributed by atoms with Crippen molar-refractivity contribution < 1.29 is 27.1 Å². The van der Waals surface area contributed by atoms with Gasteiger partial charge in [0.15, 0.2) is 0 Å². The van der Waals surface area contributed by atoms with E-state index < -0.39 is 29.4 Å². The minimum Gasteiger partial charge on any atom is -0.405 e. The van der Waals surface area contributed by atoms with Gasteiger partial charge >= 0.3 is 6.36 Å². The molecular formula is C19H13F4N3O3. The molecule has 0 radical (unpaired) electrons. The van der Waals surface area contributed by atoms with Gasteiger partial charge in [0.25, 0.3) is 11.5 Å². The first-order valence-electron chi connectivity index (χ1n) is 8.56. The van der Waals surface area contributed by atoms with Crippen LogP contribution in [-0.4, -0.2) is 33.1 Å². The number of rotatable bonds is 2. The number of halogens is 4. The molecule has 6 nitrogen and oxygen atoms in total. The molecule has 0 atom stereocenters. The minimum atomic E-state index is -4.95. The molecule has 0 aliphatic carbocycles. The van der Waals surface area contributed by atoms with Crippen LogP contribution in [0.25, 0.3) is 5.65 Å². The summed E-state index contributed by atoms with van der Waals surface area (Å²) in [5, 5.41) is 0. The van der Waals surface area contributed by atoms with Crippen molar-refractivity contribution in [3.05, 3.63) is 75.6 Å². The third kappa shape index (κ3) is 3.65. The maximum Gasteiger partial charge on any atom is 0.573 e. The number of aromatic nitrogens is 2. The van der Waals surface area contributed by atoms with E-state index in [1.165, 1.54) is 35.2 Å². The van der Waals surface area contributed by atoms with Crippen LogP contribution in [-0.2, 0) is 13.0 Å². The lowest BCUT2D eigenvalue weighted by molar-refractivity contribution is -0.274. The van der Waals surface area contributed by atoms with E-state index in [-0.39, 0.29) is 36.3 Å². The third-order valence-corrected chi connectivity index (χ3v) is 4.56. The summed E-state index contributed by atoms with van der Waals surface area (Å²) < 4.78 is 56.4. The van der Waals surface area contributed by atoms with Gasteiger partial charge in [0.2, 0.25) is 0 Å². The summed E-state index contributed by atoms with van der Waals surface area (Å²) in [5.41, 5.74) is 0.154. The van der Waals surface area contributed by atoms with Gasteiger partial charge in [-0.15, -0.1) is 13.2 Å². The zero-order valence-corrected chi connectivity index (χ0v) is 14.7. The molecule has 1 amide bonds. The molecule has 1 aromatic carbocycles. The molecule has 0 saturated carbocycles. The monoisotopic (exact) mass is 407 g/mol. The lowest BCUT2D eigenvalue weighted by Gasteiger charge is -2.28. The predicted molar refractivity (Wildman–Crippen MR) is 93.0 cm³/mol. The number of alkyl halides is 3. The van der Waals surface area contributed by atoms with Gasteiger partial charge in [-0.25, -0.2) is 9.37 Å². The SMILES string of the molecule is O=C(c1ccccc1OC(F)(F)F)N1CCc2nc3ccc(F)cn3c(=O)c2C1. The van der Waals surface area contributed by atoms with E-state index in [1.807, 2.05) is 0 Å². The molecule has 0 fully saturated rings. The van der Waals surface area contributed by atoms with E-state index in [9.17, 15) is 27.2 Å². The van der Waals surface area contributed by atoms with Crippen LogP contribution in [0.1, 0.15) is 21.6 Å². The molecule has 29 heavy (non-hydrogen) atoms. The van der Waals surface area contributed by atoms with Crippen LogP contribution in [0, 0.1) is 5.82 Å². The molecule has 1 aliphatic rings. The van der Waals surface area contributed by atoms with E-state index >= 15 is 0 Å². The summed E-state index contributed by atoms with van der Waals surface area (Å²) >= 11 is 0. The normalized spacial score (nSPS) is 14.0. The fourth-order valence-corrected chi connectivity index (χ4v) is 3.27. The Morgan fingerprint density at radius 1 is 1.14 bits per heavy atom. The fraction of sp³-hybridized carbons (Fsp3) is 0.211. The summed E-state index contributed by atoms with van der Waals surface area (Å²) in [4.78, 5) is 31.1. The topological polar surface area (TPSA) is 63.9 Å². The van der Waals surface area contributed by atoms with Crippen molar-refractivity contribution in [3.8, 4) is 5.75 Å². The molecule has 150 valence electrons. The van der Waals surface area contributed by atoms with Gasteiger partial charge < -0.3 is 9.64 Å². The highest BCUT2D eigenvalue weighted by molar-refractivity contribution is 5.97. The minimum absolute atomic E-state index is 0.153. The second kappa shape index (κ2) is 6.87. The van der Waals surface area contributed by atoms with Crippen molar-refractivity contribution in [1.29, 1.82) is 0 Å². The number of ether oxygens (including phenoxy) is 1. The van der Waals surface area contributed by atoms with Crippen LogP contribution >= 0.6 is 0 Å². The molecule has 0 spiro atoms. The second-order valence-corrected chi connectivity index (χ2v) is 6.44. The number of carbonyl (C=O) groups is 1. The van der Waals surface area contributed by atoms with Crippen LogP contribution < -0.4 is 10.3 Å². The molecule has 0 bridgehead atoms. The van der Waals surface area contributed by atoms with Crippen LogP contribution in [0.4, 0.5) is 17.6 Å². The summed E-state index contributed by atoms with van der Waals surface area (Å²) in [6.45, 7) is 0.00972. The van der Waals surface area contributed by atoms with Gasteiger partial charge in [0.05, 0.1) is 23.4 Å². The van der Waals surface area contributed by atoms with E-state index in [0.717, 1.165) is 16.7 Å². The third-order valence-electron chi connectivity index (χ3n) is 4.56. The molecule has 0 unspecified atom stereocenters. The number of hydrogen-bond donors (Lipinski definition) is 0. The predicted octanol–water partition coefficient (Wildman–Crippen LogP) is 2.93. The van der Waals surface area contributed by atoms with Gasteiger partial charge in [-0.1, -0.05) is 12.1 Å². The molecule has 0 N–H and O–H groups in total. The first kappa shape index (κ1) is 18.9. The standard InChI is InChI=1S/C19H13F4N3O3/c20-11-5-6-16-24-14-7-8-25(10-13(14)18(28)26(16)9-11)17(27)12-3-1-2-4-15(12)29-19(21,22)23/h1-6,9H,7-8,10H2. The number of carbonyl (C=O) groups excluding carboxylic acids is 1. The molecular weight excluding hydrogens is 394 g/mol. The number of para-hydroxylation sites is 1. The van der Waals surface area contributed by atoms with Crippen molar-refractivity contribution in [2.75, 3.05) is 6.54 Å². The van der Waals surface area contributed by atoms with Gasteiger partial charge in [-0.3, -0.25) is 14.0 Å². The lowest BCUT2D eigenvalue weighted by atomic mass is 10.0. The van der Waals surface area contributed by atoms with E-state index in [2.05, 4.69) is 9.72 Å². The summed E-state index contributed by atoms with van der Waals surface area (Å²) in [6, 6.07) is 7.57. The highest BCUT2D eigenvalue weighted by Gasteiger charge is 2.34. The number of benzene rings is 1. The Morgan fingerprint density at radius 3 is 2.66 bits per heavy atom. The van der Waals surface area contributed by atoms with Crippen LogP contribution in [0.5, 0.6) is 5.75 Å². The summed E-state index contributed by atoms with van der Waals surface area (Å²) in [6.07, 6.45) is -3.71. The molecule has 10 heteroatoms. The first-order chi connectivity index (χ1) is 13.7. The largest absolute Gasteiger partial charge is 0.573 e. The highest BCUT2D eigenvalue weighted by atomic mass is 19.4. The smallest absolute Gasteiger partial charge is 0.405 e. The van der Waals surface area contributed by atoms with Gasteiger partial charge in [0.1, 0.15) is 17.2 Å². The van der Waals surface area contributed by atoms with Crippen LogP contribution in [0.2, 0.25) is 0 Å². The van der Waals surface area contributed by atoms with Gasteiger partial charge in [-0.2, -0.15) is 0 Å². The maximum atomic E-state index is 13.5. The van der Waals surface area contributed by atoms with E-state index in [1.54, 1.807) is 0 Å². The second-order valence-electron chi connectivity index (χ2n) is 6.44. The highest BCUT2D eigenvalue weighted by Crippen LogP contribution is 2.28. The van der Waals surface area contributed by atoms with Gasteiger partial charge in [0, 0.05) is 19.2 Å². The fourth-order valence-electron chi connectivity index (χ4n) is 3.27. The van der Waals surface area contributed by atoms with Crippen molar-refractivity contribution in [2.45, 2.75) is 19.3 Å². The number of pyridine rings is 1. The average Bonchev–Trinajstić information content (AvgIpc) is 2.67. The van der Waals surface area contributed by atoms with Crippen molar-refractivity contribution in [1.82, 2.24) is 14.3 Å². The molecule has 0 saturated heterocycles. The lowest BCUT2D eigenvalue weighted by Crippen LogP contribution is -2.40. The van der Waals surface area contributed by atoms with Gasteiger partial charge in [-0.05, 0) is 24.3 Å². The number of amides is 1. The van der Waals surface area contributed by atoms with E-state index in [4.69, 9.17) is 0 Å². The summed E-state index contributed by atoms with van der Waals surface area (Å²) in [5.74, 6) is -1.95. The number of hydrogen-bond acceptors (Lipinski definition) is 4. The zero-order valence-electron chi connectivity index (χ0n) is 14.7. The van der Waals surface area contributed by atoms with Crippen molar-refractivity contribution >= 4 is 11.6 Å². The van der Waals surface area contributed by atoms with Crippen molar-refractivity contribution in [2.24, 2.45) is 0 Å².